The number of aromatic nitrogens is 1. The van der Waals surface area contributed by atoms with Gasteiger partial charge in [0.05, 0.1) is 7.11 Å². The van der Waals surface area contributed by atoms with Crippen LogP contribution in [0, 0.1) is 17.7 Å². The van der Waals surface area contributed by atoms with Crippen molar-refractivity contribution in [2.75, 3.05) is 12.8 Å². The van der Waals surface area contributed by atoms with Gasteiger partial charge >= 0.3 is 5.97 Å². The Balaban J connectivity index is 2.91. The number of rotatable bonds is 0. The van der Waals surface area contributed by atoms with Gasteiger partial charge in [0, 0.05) is 17.7 Å². The van der Waals surface area contributed by atoms with Gasteiger partial charge in [-0.1, -0.05) is 5.92 Å². The van der Waals surface area contributed by atoms with Crippen molar-refractivity contribution in [2.24, 2.45) is 0 Å². The van der Waals surface area contributed by atoms with Crippen molar-refractivity contribution in [2.45, 2.75) is 0 Å². The van der Waals surface area contributed by atoms with E-state index in [9.17, 15) is 9.18 Å². The summed E-state index contributed by atoms with van der Waals surface area (Å²) in [5.41, 5.74) is 5.41. The fourth-order valence-corrected chi connectivity index (χ4v) is 0.691. The average Bonchev–Trinajstić information content (AvgIpc) is 2.19. The summed E-state index contributed by atoms with van der Waals surface area (Å²) in [7, 11) is 1.21. The van der Waals surface area contributed by atoms with Gasteiger partial charge in [0.2, 0.25) is 0 Å². The number of esters is 1. The first-order valence-electron chi connectivity index (χ1n) is 3.64. The molecular weight excluding hydrogens is 187 g/mol. The molecule has 5 heteroatoms. The second-order valence-corrected chi connectivity index (χ2v) is 2.33. The van der Waals surface area contributed by atoms with E-state index in [0.717, 1.165) is 6.07 Å². The number of hydrogen-bond donors (Lipinski definition) is 1. The Morgan fingerprint density at radius 3 is 3.00 bits per heavy atom. The molecule has 0 aliphatic heterocycles. The van der Waals surface area contributed by atoms with Gasteiger partial charge in [-0.25, -0.2) is 14.2 Å². The smallest absolute Gasteiger partial charge is 0.384 e. The number of nitrogens with two attached hydrogens (primary N) is 1. The number of nitrogen functional groups attached to an aromatic ring is 1. The van der Waals surface area contributed by atoms with Gasteiger partial charge < -0.3 is 10.5 Å². The van der Waals surface area contributed by atoms with Gasteiger partial charge in [-0.2, -0.15) is 0 Å². The molecule has 0 spiro atoms. The van der Waals surface area contributed by atoms with Crippen LogP contribution in [-0.4, -0.2) is 18.1 Å². The number of pyridine rings is 1. The van der Waals surface area contributed by atoms with Crippen molar-refractivity contribution in [3.8, 4) is 11.8 Å². The second-order valence-electron chi connectivity index (χ2n) is 2.33. The third-order valence-corrected chi connectivity index (χ3v) is 1.36. The van der Waals surface area contributed by atoms with E-state index in [2.05, 4.69) is 21.6 Å². The van der Waals surface area contributed by atoms with Crippen LogP contribution in [-0.2, 0) is 9.53 Å². The maximum absolute atomic E-state index is 12.8. The molecule has 0 unspecified atom stereocenters. The van der Waals surface area contributed by atoms with Crippen LogP contribution in [0.5, 0.6) is 0 Å². The Morgan fingerprint density at radius 2 is 2.43 bits per heavy atom. The van der Waals surface area contributed by atoms with Crippen LogP contribution in [0.15, 0.2) is 12.3 Å². The largest absolute Gasteiger partial charge is 0.459 e. The van der Waals surface area contributed by atoms with E-state index in [1.54, 1.807) is 0 Å². The fourth-order valence-electron chi connectivity index (χ4n) is 0.691. The number of nitrogens with zero attached hydrogens (tertiary/aromatic N) is 1. The van der Waals surface area contributed by atoms with Crippen molar-refractivity contribution in [3.05, 3.63) is 23.6 Å². The lowest BCUT2D eigenvalue weighted by molar-refractivity contribution is -0.133. The van der Waals surface area contributed by atoms with Crippen LogP contribution >= 0.6 is 0 Å². The monoisotopic (exact) mass is 194 g/mol. The van der Waals surface area contributed by atoms with Crippen molar-refractivity contribution in [1.29, 1.82) is 0 Å². The number of methoxy groups -OCH3 is 1. The zero-order chi connectivity index (χ0) is 10.6. The second kappa shape index (κ2) is 4.23. The summed E-state index contributed by atoms with van der Waals surface area (Å²) in [4.78, 5) is 14.1. The van der Waals surface area contributed by atoms with E-state index in [4.69, 9.17) is 5.73 Å². The van der Waals surface area contributed by atoms with Crippen molar-refractivity contribution < 1.29 is 13.9 Å². The molecule has 0 radical (unpaired) electrons. The molecule has 1 aromatic rings. The van der Waals surface area contributed by atoms with E-state index in [1.165, 1.54) is 13.3 Å². The van der Waals surface area contributed by atoms with Gasteiger partial charge in [-0.15, -0.1) is 0 Å². The molecular formula is C9H7FN2O2. The van der Waals surface area contributed by atoms with Crippen molar-refractivity contribution in [3.63, 3.8) is 0 Å². The topological polar surface area (TPSA) is 65.2 Å². The molecule has 0 aliphatic rings. The molecule has 1 rings (SSSR count). The normalized spacial score (nSPS) is 8.71. The highest BCUT2D eigenvalue weighted by molar-refractivity contribution is 5.88. The van der Waals surface area contributed by atoms with Gasteiger partial charge in [0.1, 0.15) is 0 Å². The predicted octanol–water partition coefficient (Wildman–Crippen LogP) is 0.327. The molecule has 0 fully saturated rings. The Hall–Kier alpha value is -2.09. The van der Waals surface area contributed by atoms with Gasteiger partial charge in [0.25, 0.3) is 0 Å². The highest BCUT2D eigenvalue weighted by atomic mass is 19.1. The lowest BCUT2D eigenvalue weighted by atomic mass is 10.3. The first kappa shape index (κ1) is 9.99. The summed E-state index contributed by atoms with van der Waals surface area (Å²) in [6.45, 7) is 0. The number of anilines is 1. The molecule has 0 amide bonds. The highest BCUT2D eigenvalue weighted by Crippen LogP contribution is 2.06. The third-order valence-electron chi connectivity index (χ3n) is 1.36. The summed E-state index contributed by atoms with van der Waals surface area (Å²) >= 11 is 0. The molecule has 0 saturated carbocycles. The quantitative estimate of drug-likeness (QED) is 0.477. The van der Waals surface area contributed by atoms with E-state index in [1.807, 2.05) is 0 Å². The lowest BCUT2D eigenvalue weighted by Crippen LogP contribution is -1.96. The van der Waals surface area contributed by atoms with Crippen molar-refractivity contribution >= 4 is 11.8 Å². The number of ether oxygens (including phenoxy) is 1. The predicted molar refractivity (Wildman–Crippen MR) is 47.5 cm³/mol. The Bertz CT molecular complexity index is 421. The molecule has 2 N–H and O–H groups in total. The zero-order valence-electron chi connectivity index (χ0n) is 7.37. The average molecular weight is 194 g/mol. The molecule has 0 aromatic carbocycles. The molecule has 4 nitrogen and oxygen atoms in total. The summed E-state index contributed by atoms with van der Waals surface area (Å²) in [6.07, 6.45) is 1.27. The minimum atomic E-state index is -0.692. The summed E-state index contributed by atoms with van der Waals surface area (Å²) in [5.74, 6) is 2.96. The minimum absolute atomic E-state index is 0.200. The third kappa shape index (κ3) is 2.45. The minimum Gasteiger partial charge on any atom is -0.459 e. The van der Waals surface area contributed by atoms with Crippen molar-refractivity contribution in [1.82, 2.24) is 4.98 Å². The maximum atomic E-state index is 12.8. The first-order valence-corrected chi connectivity index (χ1v) is 3.64. The molecule has 0 bridgehead atoms. The number of carbonyl (C=O) groups is 1. The molecule has 1 heterocycles. The summed E-state index contributed by atoms with van der Waals surface area (Å²) in [5, 5.41) is 0. The summed E-state index contributed by atoms with van der Waals surface area (Å²) in [6, 6.07) is 1.10. The van der Waals surface area contributed by atoms with Gasteiger partial charge in [-0.3, -0.25) is 0 Å². The molecule has 1 aromatic heterocycles. The van der Waals surface area contributed by atoms with E-state index in [-0.39, 0.29) is 11.4 Å². The molecule has 14 heavy (non-hydrogen) atoms. The standard InChI is InChI=1S/C9H7FN2O2/c1-14-8(13)3-2-6-4-7(10)9(11)12-5-6/h4-5H,1H3,(H2,11,12). The first-order chi connectivity index (χ1) is 6.63. The fraction of sp³-hybridized carbons (Fsp3) is 0.111. The van der Waals surface area contributed by atoms with Gasteiger partial charge in [0.15, 0.2) is 11.6 Å². The van der Waals surface area contributed by atoms with Gasteiger partial charge in [-0.05, 0) is 6.07 Å². The number of halogens is 1. The SMILES string of the molecule is COC(=O)C#Cc1cnc(N)c(F)c1. The lowest BCUT2D eigenvalue weighted by Gasteiger charge is -1.94. The highest BCUT2D eigenvalue weighted by Gasteiger charge is 1.99. The Morgan fingerprint density at radius 1 is 1.71 bits per heavy atom. The number of carbonyl (C=O) groups excluding carboxylic acids is 1. The molecule has 72 valence electrons. The van der Waals surface area contributed by atoms with Crippen LogP contribution in [0.25, 0.3) is 0 Å². The van der Waals surface area contributed by atoms with E-state index in [0.29, 0.717) is 0 Å². The van der Waals surface area contributed by atoms with Crippen LogP contribution in [0.4, 0.5) is 10.2 Å². The molecule has 0 aliphatic carbocycles. The van der Waals surface area contributed by atoms with Crippen LogP contribution in [0.2, 0.25) is 0 Å². The van der Waals surface area contributed by atoms with E-state index >= 15 is 0 Å². The Kier molecular flexibility index (Phi) is 3.02. The molecule has 0 atom stereocenters. The van der Waals surface area contributed by atoms with Crippen LogP contribution in [0.1, 0.15) is 5.56 Å². The van der Waals surface area contributed by atoms with Crippen LogP contribution < -0.4 is 5.73 Å². The maximum Gasteiger partial charge on any atom is 0.384 e. The van der Waals surface area contributed by atoms with E-state index < -0.39 is 11.8 Å². The zero-order valence-corrected chi connectivity index (χ0v) is 7.37. The number of hydrogen-bond acceptors (Lipinski definition) is 4. The summed E-state index contributed by atoms with van der Waals surface area (Å²) < 4.78 is 17.1. The molecule has 0 saturated heterocycles. The van der Waals surface area contributed by atoms with Crippen LogP contribution in [0.3, 0.4) is 0 Å². The Labute approximate surface area is 79.9 Å².